The van der Waals surface area contributed by atoms with Gasteiger partial charge in [-0.05, 0) is 18.6 Å². The number of morpholine rings is 1. The molecule has 0 radical (unpaired) electrons. The first-order valence-electron chi connectivity index (χ1n) is 11.4. The highest BCUT2D eigenvalue weighted by atomic mass is 35.5. The molecule has 1 aromatic carbocycles. The van der Waals surface area contributed by atoms with E-state index in [1.165, 1.54) is 5.57 Å². The number of anilines is 1. The number of rotatable bonds is 5. The minimum Gasteiger partial charge on any atom is -0.378 e. The van der Waals surface area contributed by atoms with Crippen LogP contribution in [0.1, 0.15) is 12.2 Å². The number of aromatic amines is 1. The van der Waals surface area contributed by atoms with Crippen molar-refractivity contribution in [3.63, 3.8) is 0 Å². The monoisotopic (exact) mass is 473 g/mol. The Labute approximate surface area is 202 Å². The number of fused-ring (bicyclic) bond motifs is 1. The van der Waals surface area contributed by atoms with Gasteiger partial charge in [0.25, 0.3) is 0 Å². The van der Waals surface area contributed by atoms with E-state index < -0.39 is 0 Å². The van der Waals surface area contributed by atoms with Crippen LogP contribution < -0.4 is 4.90 Å². The van der Waals surface area contributed by atoms with Gasteiger partial charge >= 0.3 is 0 Å². The third-order valence-electron chi connectivity index (χ3n) is 6.17. The molecule has 2 aliphatic rings. The Morgan fingerprint density at radius 1 is 1.09 bits per heavy atom. The molecule has 172 valence electrons. The van der Waals surface area contributed by atoms with E-state index in [-0.39, 0.29) is 5.38 Å². The highest BCUT2D eigenvalue weighted by molar-refractivity contribution is 6.22. The molecule has 1 fully saturated rings. The van der Waals surface area contributed by atoms with Gasteiger partial charge in [0.1, 0.15) is 5.82 Å². The first-order valence-corrected chi connectivity index (χ1v) is 11.9. The second kappa shape index (κ2) is 9.04. The maximum Gasteiger partial charge on any atom is 0.240 e. The fraction of sp³-hybridized carbons (Fsp3) is 0.280. The minimum absolute atomic E-state index is 0.0157. The van der Waals surface area contributed by atoms with Gasteiger partial charge in [-0.1, -0.05) is 35.9 Å². The number of alkyl halides is 1. The number of hydrogen-bond donors (Lipinski definition) is 1. The normalized spacial score (nSPS) is 18.4. The molecule has 1 aliphatic heterocycles. The van der Waals surface area contributed by atoms with E-state index in [1.54, 1.807) is 6.20 Å². The average Bonchev–Trinajstić information content (AvgIpc) is 3.54. The largest absolute Gasteiger partial charge is 0.378 e. The van der Waals surface area contributed by atoms with Crippen LogP contribution in [0.4, 0.5) is 5.95 Å². The van der Waals surface area contributed by atoms with Gasteiger partial charge in [-0.25, -0.2) is 4.98 Å². The van der Waals surface area contributed by atoms with Crippen LogP contribution in [0.25, 0.3) is 28.2 Å². The van der Waals surface area contributed by atoms with Crippen LogP contribution in [0.5, 0.6) is 0 Å². The molecule has 34 heavy (non-hydrogen) atoms. The third-order valence-corrected chi connectivity index (χ3v) is 6.47. The molecule has 1 aliphatic carbocycles. The SMILES string of the molecule is ClC1C=CC=C(Cc2nccn2-c2nc(-c3cccc4[nH]ccc34)nc(N3CCOCC3)n2)C1. The molecule has 0 amide bonds. The number of aromatic nitrogens is 6. The summed E-state index contributed by atoms with van der Waals surface area (Å²) in [6.07, 6.45) is 13.3. The summed E-state index contributed by atoms with van der Waals surface area (Å²) in [4.78, 5) is 24.7. The molecule has 0 spiro atoms. The summed E-state index contributed by atoms with van der Waals surface area (Å²) in [6, 6.07) is 8.17. The molecule has 6 rings (SSSR count). The standard InChI is InChI=1S/C25H24ClN7O/c26-18-4-1-3-17(15-18)16-22-28-9-10-33(22)25-30-23(20-5-2-6-21-19(20)7-8-27-21)29-24(31-25)32-11-13-34-14-12-32/h1-10,18,27H,11-16H2. The smallest absolute Gasteiger partial charge is 0.240 e. The number of benzene rings is 1. The minimum atomic E-state index is 0.0157. The first-order chi connectivity index (χ1) is 16.7. The second-order valence-electron chi connectivity index (χ2n) is 8.42. The summed E-state index contributed by atoms with van der Waals surface area (Å²) in [5.74, 6) is 2.71. The van der Waals surface area contributed by atoms with Gasteiger partial charge in [-0.15, -0.1) is 11.6 Å². The predicted octanol–water partition coefficient (Wildman–Crippen LogP) is 4.08. The number of hydrogen-bond acceptors (Lipinski definition) is 6. The maximum absolute atomic E-state index is 6.34. The summed E-state index contributed by atoms with van der Waals surface area (Å²) >= 11 is 6.34. The Bertz CT molecular complexity index is 1380. The zero-order valence-electron chi connectivity index (χ0n) is 18.6. The van der Waals surface area contributed by atoms with Crippen molar-refractivity contribution >= 4 is 28.5 Å². The molecule has 0 saturated carbocycles. The van der Waals surface area contributed by atoms with Crippen LogP contribution in [0.2, 0.25) is 0 Å². The number of imidazole rings is 1. The highest BCUT2D eigenvalue weighted by Gasteiger charge is 2.21. The van der Waals surface area contributed by atoms with Crippen LogP contribution in [0, 0.1) is 0 Å². The fourth-order valence-corrected chi connectivity index (χ4v) is 4.73. The Hall–Kier alpha value is -3.49. The molecule has 1 unspecified atom stereocenters. The number of ether oxygens (including phenoxy) is 1. The Morgan fingerprint density at radius 3 is 2.85 bits per heavy atom. The average molecular weight is 474 g/mol. The van der Waals surface area contributed by atoms with Crippen molar-refractivity contribution in [2.45, 2.75) is 18.2 Å². The molecule has 4 aromatic rings. The molecular formula is C25H24ClN7O. The van der Waals surface area contributed by atoms with E-state index in [2.05, 4.69) is 27.0 Å². The van der Waals surface area contributed by atoms with Crippen LogP contribution in [-0.4, -0.2) is 61.2 Å². The summed E-state index contributed by atoms with van der Waals surface area (Å²) in [5, 5.41) is 1.09. The zero-order chi connectivity index (χ0) is 22.9. The van der Waals surface area contributed by atoms with Crippen LogP contribution in [-0.2, 0) is 11.2 Å². The van der Waals surface area contributed by atoms with Gasteiger partial charge < -0.3 is 14.6 Å². The summed E-state index contributed by atoms with van der Waals surface area (Å²) in [6.45, 7) is 2.79. The number of nitrogens with one attached hydrogen (secondary N) is 1. The number of H-pyrrole nitrogens is 1. The van der Waals surface area contributed by atoms with Gasteiger partial charge in [0, 0.05) is 54.6 Å². The van der Waals surface area contributed by atoms with Crippen molar-refractivity contribution in [1.82, 2.24) is 29.5 Å². The number of halogens is 1. The van der Waals surface area contributed by atoms with Crippen molar-refractivity contribution in [2.24, 2.45) is 0 Å². The Kier molecular flexibility index (Phi) is 5.60. The summed E-state index contributed by atoms with van der Waals surface area (Å²) < 4.78 is 7.50. The van der Waals surface area contributed by atoms with E-state index >= 15 is 0 Å². The van der Waals surface area contributed by atoms with Gasteiger partial charge in [0.2, 0.25) is 11.9 Å². The van der Waals surface area contributed by atoms with Crippen molar-refractivity contribution < 1.29 is 4.74 Å². The van der Waals surface area contributed by atoms with E-state index in [9.17, 15) is 0 Å². The van der Waals surface area contributed by atoms with Crippen LogP contribution in [0.15, 0.2) is 66.7 Å². The van der Waals surface area contributed by atoms with E-state index in [4.69, 9.17) is 31.3 Å². The Balaban J connectivity index is 1.45. The molecule has 8 nitrogen and oxygen atoms in total. The van der Waals surface area contributed by atoms with Gasteiger partial charge in [0.05, 0.1) is 18.6 Å². The van der Waals surface area contributed by atoms with Crippen molar-refractivity contribution in [3.05, 3.63) is 72.5 Å². The predicted molar refractivity (Wildman–Crippen MR) is 132 cm³/mol. The quantitative estimate of drug-likeness (QED) is 0.440. The van der Waals surface area contributed by atoms with Crippen molar-refractivity contribution in [2.75, 3.05) is 31.2 Å². The lowest BCUT2D eigenvalue weighted by Crippen LogP contribution is -2.37. The molecule has 1 N–H and O–H groups in total. The van der Waals surface area contributed by atoms with Crippen LogP contribution in [0.3, 0.4) is 0 Å². The highest BCUT2D eigenvalue weighted by Crippen LogP contribution is 2.28. The van der Waals surface area contributed by atoms with E-state index in [0.29, 0.717) is 37.4 Å². The zero-order valence-corrected chi connectivity index (χ0v) is 19.3. The fourth-order valence-electron chi connectivity index (χ4n) is 4.45. The lowest BCUT2D eigenvalue weighted by atomic mass is 10.0. The summed E-state index contributed by atoms with van der Waals surface area (Å²) in [7, 11) is 0. The van der Waals surface area contributed by atoms with E-state index in [0.717, 1.165) is 41.8 Å². The van der Waals surface area contributed by atoms with E-state index in [1.807, 2.05) is 47.3 Å². The Morgan fingerprint density at radius 2 is 1.97 bits per heavy atom. The second-order valence-corrected chi connectivity index (χ2v) is 8.98. The number of nitrogens with zero attached hydrogens (tertiary/aromatic N) is 6. The molecule has 3 aromatic heterocycles. The van der Waals surface area contributed by atoms with Crippen LogP contribution >= 0.6 is 11.6 Å². The molecule has 1 atom stereocenters. The van der Waals surface area contributed by atoms with Gasteiger partial charge in [-0.2, -0.15) is 15.0 Å². The first kappa shape index (κ1) is 21.1. The maximum atomic E-state index is 6.34. The lowest BCUT2D eigenvalue weighted by molar-refractivity contribution is 0.122. The van der Waals surface area contributed by atoms with Crippen molar-refractivity contribution in [1.29, 1.82) is 0 Å². The lowest BCUT2D eigenvalue weighted by Gasteiger charge is -2.27. The molecule has 1 saturated heterocycles. The van der Waals surface area contributed by atoms with Crippen molar-refractivity contribution in [3.8, 4) is 17.3 Å². The third kappa shape index (κ3) is 4.10. The summed E-state index contributed by atoms with van der Waals surface area (Å²) in [5.41, 5.74) is 3.24. The number of allylic oxidation sites excluding steroid dienone is 4. The molecular weight excluding hydrogens is 450 g/mol. The van der Waals surface area contributed by atoms with Gasteiger partial charge in [-0.3, -0.25) is 4.57 Å². The molecule has 0 bridgehead atoms. The topological polar surface area (TPSA) is 84.8 Å². The van der Waals surface area contributed by atoms with Gasteiger partial charge in [0.15, 0.2) is 5.82 Å². The molecule has 4 heterocycles. The molecule has 9 heteroatoms.